The highest BCUT2D eigenvalue weighted by atomic mass is 35.5. The van der Waals surface area contributed by atoms with Crippen LogP contribution in [0.2, 0.25) is 5.02 Å². The maximum absolute atomic E-state index is 8.33. The summed E-state index contributed by atoms with van der Waals surface area (Å²) in [7, 11) is 0. The van der Waals surface area contributed by atoms with E-state index in [4.69, 9.17) is 22.5 Å². The molecule has 1 aromatic rings. The minimum atomic E-state index is 0.268. The van der Waals surface area contributed by atoms with E-state index in [9.17, 15) is 0 Å². The Balaban J connectivity index is 2.16. The van der Waals surface area contributed by atoms with Crippen molar-refractivity contribution in [1.82, 2.24) is 5.32 Å². The standard InChI is InChI=1S/C11H16ClN3O/c12-10-4-1-3-9(7-10)8-14-6-2-5-11(13)15-16/h1,3-4,7,14,16H,2,5-6,8H2,(H2,13,15). The lowest BCUT2D eigenvalue weighted by Gasteiger charge is -2.04. The molecule has 4 N–H and O–H groups in total. The van der Waals surface area contributed by atoms with Crippen LogP contribution in [0.5, 0.6) is 0 Å². The number of hydrogen-bond acceptors (Lipinski definition) is 3. The van der Waals surface area contributed by atoms with E-state index >= 15 is 0 Å². The summed E-state index contributed by atoms with van der Waals surface area (Å²) in [6.07, 6.45) is 1.44. The summed E-state index contributed by atoms with van der Waals surface area (Å²) in [5.74, 6) is 0.268. The maximum Gasteiger partial charge on any atom is 0.139 e. The molecule has 0 spiro atoms. The molecule has 0 amide bonds. The first-order valence-electron chi connectivity index (χ1n) is 5.14. The minimum Gasteiger partial charge on any atom is -0.409 e. The molecule has 16 heavy (non-hydrogen) atoms. The molecule has 0 bridgehead atoms. The quantitative estimate of drug-likeness (QED) is 0.234. The largest absolute Gasteiger partial charge is 0.409 e. The molecule has 5 heteroatoms. The van der Waals surface area contributed by atoms with Gasteiger partial charge in [-0.1, -0.05) is 28.9 Å². The van der Waals surface area contributed by atoms with E-state index in [0.29, 0.717) is 6.42 Å². The van der Waals surface area contributed by atoms with E-state index in [2.05, 4.69) is 10.5 Å². The Hall–Kier alpha value is -1.26. The molecule has 0 aliphatic heterocycles. The van der Waals surface area contributed by atoms with Crippen molar-refractivity contribution in [2.45, 2.75) is 19.4 Å². The number of nitrogens with two attached hydrogens (primary N) is 1. The first kappa shape index (κ1) is 12.8. The smallest absolute Gasteiger partial charge is 0.139 e. The molecule has 0 saturated carbocycles. The van der Waals surface area contributed by atoms with E-state index in [1.807, 2.05) is 24.3 Å². The second kappa shape index (κ2) is 7.09. The summed E-state index contributed by atoms with van der Waals surface area (Å²) in [5, 5.41) is 15.2. The number of amidine groups is 1. The Morgan fingerprint density at radius 2 is 2.31 bits per heavy atom. The van der Waals surface area contributed by atoms with Gasteiger partial charge in [-0.15, -0.1) is 0 Å². The minimum absolute atomic E-state index is 0.268. The van der Waals surface area contributed by atoms with E-state index in [1.165, 1.54) is 0 Å². The predicted molar refractivity (Wildman–Crippen MR) is 65.8 cm³/mol. The molecular formula is C11H16ClN3O. The fourth-order valence-electron chi connectivity index (χ4n) is 1.32. The number of hydrogen-bond donors (Lipinski definition) is 3. The van der Waals surface area contributed by atoms with Gasteiger partial charge >= 0.3 is 0 Å². The van der Waals surface area contributed by atoms with Crippen LogP contribution in [0.15, 0.2) is 29.4 Å². The molecule has 0 heterocycles. The highest BCUT2D eigenvalue weighted by Crippen LogP contribution is 2.10. The highest BCUT2D eigenvalue weighted by Gasteiger charge is 1.95. The second-order valence-corrected chi connectivity index (χ2v) is 3.94. The predicted octanol–water partition coefficient (Wildman–Crippen LogP) is 1.96. The van der Waals surface area contributed by atoms with Gasteiger partial charge in [-0.05, 0) is 30.7 Å². The van der Waals surface area contributed by atoms with Crippen LogP contribution < -0.4 is 11.1 Å². The van der Waals surface area contributed by atoms with Crippen molar-refractivity contribution in [3.05, 3.63) is 34.9 Å². The number of halogens is 1. The average Bonchev–Trinajstić information content (AvgIpc) is 2.28. The third-order valence-corrected chi connectivity index (χ3v) is 2.37. The van der Waals surface area contributed by atoms with Crippen LogP contribution in [0, 0.1) is 0 Å². The van der Waals surface area contributed by atoms with Crippen LogP contribution in [0.25, 0.3) is 0 Å². The van der Waals surface area contributed by atoms with E-state index in [1.54, 1.807) is 0 Å². The maximum atomic E-state index is 8.33. The number of oxime groups is 1. The molecule has 0 fully saturated rings. The number of nitrogens with one attached hydrogen (secondary N) is 1. The zero-order valence-corrected chi connectivity index (χ0v) is 9.74. The zero-order valence-electron chi connectivity index (χ0n) is 8.99. The third-order valence-electron chi connectivity index (χ3n) is 2.13. The Morgan fingerprint density at radius 3 is 3.00 bits per heavy atom. The summed E-state index contributed by atoms with van der Waals surface area (Å²) in [4.78, 5) is 0. The summed E-state index contributed by atoms with van der Waals surface area (Å²) in [6.45, 7) is 1.60. The lowest BCUT2D eigenvalue weighted by molar-refractivity contribution is 0.316. The molecular weight excluding hydrogens is 226 g/mol. The molecule has 0 aliphatic rings. The van der Waals surface area contributed by atoms with E-state index in [0.717, 1.165) is 30.1 Å². The molecule has 4 nitrogen and oxygen atoms in total. The van der Waals surface area contributed by atoms with Gasteiger partial charge in [-0.3, -0.25) is 0 Å². The van der Waals surface area contributed by atoms with Crippen LogP contribution >= 0.6 is 11.6 Å². The summed E-state index contributed by atoms with van der Waals surface area (Å²) in [5.41, 5.74) is 6.49. The van der Waals surface area contributed by atoms with Crippen LogP contribution in [-0.2, 0) is 6.54 Å². The van der Waals surface area contributed by atoms with Crippen molar-refractivity contribution in [3.8, 4) is 0 Å². The molecule has 88 valence electrons. The summed E-state index contributed by atoms with van der Waals surface area (Å²) >= 11 is 5.86. The van der Waals surface area contributed by atoms with Gasteiger partial charge in [0.1, 0.15) is 5.84 Å². The molecule has 0 aliphatic carbocycles. The second-order valence-electron chi connectivity index (χ2n) is 3.50. The Labute approximate surface area is 100 Å². The van der Waals surface area contributed by atoms with Crippen molar-refractivity contribution < 1.29 is 5.21 Å². The van der Waals surface area contributed by atoms with Crippen molar-refractivity contribution >= 4 is 17.4 Å². The van der Waals surface area contributed by atoms with E-state index in [-0.39, 0.29) is 5.84 Å². The Kier molecular flexibility index (Phi) is 5.67. The highest BCUT2D eigenvalue weighted by molar-refractivity contribution is 6.30. The average molecular weight is 242 g/mol. The van der Waals surface area contributed by atoms with Crippen LogP contribution in [0.1, 0.15) is 18.4 Å². The van der Waals surface area contributed by atoms with Crippen LogP contribution in [-0.4, -0.2) is 17.6 Å². The van der Waals surface area contributed by atoms with Gasteiger partial charge in [0.2, 0.25) is 0 Å². The van der Waals surface area contributed by atoms with Gasteiger partial charge in [-0.25, -0.2) is 0 Å². The molecule has 0 saturated heterocycles. The molecule has 0 unspecified atom stereocenters. The lowest BCUT2D eigenvalue weighted by Crippen LogP contribution is -2.18. The van der Waals surface area contributed by atoms with Gasteiger partial charge in [0.05, 0.1) is 0 Å². The first-order valence-corrected chi connectivity index (χ1v) is 5.51. The van der Waals surface area contributed by atoms with Gasteiger partial charge < -0.3 is 16.3 Å². The van der Waals surface area contributed by atoms with Crippen molar-refractivity contribution in [2.75, 3.05) is 6.54 Å². The van der Waals surface area contributed by atoms with Crippen LogP contribution in [0.3, 0.4) is 0 Å². The van der Waals surface area contributed by atoms with Crippen molar-refractivity contribution in [3.63, 3.8) is 0 Å². The lowest BCUT2D eigenvalue weighted by atomic mass is 10.2. The topological polar surface area (TPSA) is 70.6 Å². The molecule has 1 aromatic carbocycles. The van der Waals surface area contributed by atoms with Crippen molar-refractivity contribution in [1.29, 1.82) is 0 Å². The Bertz CT molecular complexity index is 355. The zero-order chi connectivity index (χ0) is 11.8. The fraction of sp³-hybridized carbons (Fsp3) is 0.364. The molecule has 1 rings (SSSR count). The number of nitrogens with zero attached hydrogens (tertiary/aromatic N) is 1. The molecule has 0 atom stereocenters. The summed E-state index contributed by atoms with van der Waals surface area (Å²) < 4.78 is 0. The normalized spacial score (nSPS) is 11.7. The van der Waals surface area contributed by atoms with Gasteiger partial charge in [0, 0.05) is 18.0 Å². The SMILES string of the molecule is NC(CCCNCc1cccc(Cl)c1)=NO. The monoisotopic (exact) mass is 241 g/mol. The van der Waals surface area contributed by atoms with Gasteiger partial charge in [0.25, 0.3) is 0 Å². The molecule has 0 aromatic heterocycles. The Morgan fingerprint density at radius 1 is 1.50 bits per heavy atom. The molecule has 0 radical (unpaired) electrons. The van der Waals surface area contributed by atoms with Gasteiger partial charge in [0.15, 0.2) is 0 Å². The van der Waals surface area contributed by atoms with Gasteiger partial charge in [-0.2, -0.15) is 0 Å². The number of rotatable bonds is 6. The number of benzene rings is 1. The first-order chi connectivity index (χ1) is 7.72. The fourth-order valence-corrected chi connectivity index (χ4v) is 1.54. The van der Waals surface area contributed by atoms with Crippen molar-refractivity contribution in [2.24, 2.45) is 10.9 Å². The van der Waals surface area contributed by atoms with Crippen LogP contribution in [0.4, 0.5) is 0 Å². The summed E-state index contributed by atoms with van der Waals surface area (Å²) in [6, 6.07) is 7.72. The van der Waals surface area contributed by atoms with E-state index < -0.39 is 0 Å². The third kappa shape index (κ3) is 5.00.